The Kier molecular flexibility index (Phi) is 6.06. The number of phenols is 1. The van der Waals surface area contributed by atoms with E-state index in [1.54, 1.807) is 6.07 Å². The van der Waals surface area contributed by atoms with E-state index < -0.39 is 5.91 Å². The molecular weight excluding hydrogens is 351 g/mol. The van der Waals surface area contributed by atoms with E-state index in [0.29, 0.717) is 16.3 Å². The largest absolute Gasteiger partial charge is 0.506 e. The summed E-state index contributed by atoms with van der Waals surface area (Å²) in [5, 5.41) is 14.0. The standard InChI is InChI=1S/C17H16Cl2N2O3/c1-10-4-3-5-15(11(10)2)24-9-16(22)21-20-8-12-6-13(18)7-14(19)17(12)23/h3-8,23H,9H2,1-2H3,(H,21,22)/b20-8+. The monoisotopic (exact) mass is 366 g/mol. The van der Waals surface area contributed by atoms with Crippen LogP contribution in [0.3, 0.4) is 0 Å². The van der Waals surface area contributed by atoms with Crippen molar-refractivity contribution >= 4 is 35.3 Å². The highest BCUT2D eigenvalue weighted by molar-refractivity contribution is 6.36. The number of hydrogen-bond donors (Lipinski definition) is 2. The summed E-state index contributed by atoms with van der Waals surface area (Å²) in [6.45, 7) is 3.71. The first-order valence-electron chi connectivity index (χ1n) is 7.07. The number of halogens is 2. The van der Waals surface area contributed by atoms with Gasteiger partial charge in [0, 0.05) is 10.6 Å². The molecule has 0 saturated carbocycles. The predicted octanol–water partition coefficient (Wildman–Crippen LogP) is 3.84. The zero-order valence-electron chi connectivity index (χ0n) is 13.1. The van der Waals surface area contributed by atoms with Crippen LogP contribution in [0.2, 0.25) is 10.0 Å². The van der Waals surface area contributed by atoms with E-state index in [1.807, 2.05) is 26.0 Å². The van der Waals surface area contributed by atoms with Crippen molar-refractivity contribution in [2.75, 3.05) is 6.61 Å². The lowest BCUT2D eigenvalue weighted by atomic mass is 10.1. The van der Waals surface area contributed by atoms with Gasteiger partial charge in [0.25, 0.3) is 5.91 Å². The van der Waals surface area contributed by atoms with Crippen LogP contribution >= 0.6 is 23.2 Å². The van der Waals surface area contributed by atoms with Crippen LogP contribution in [-0.4, -0.2) is 23.8 Å². The summed E-state index contributed by atoms with van der Waals surface area (Å²) in [6.07, 6.45) is 1.25. The minimum absolute atomic E-state index is 0.105. The summed E-state index contributed by atoms with van der Waals surface area (Å²) in [7, 11) is 0. The number of hydrogen-bond acceptors (Lipinski definition) is 4. The molecule has 0 fully saturated rings. The third-order valence-electron chi connectivity index (χ3n) is 3.36. The van der Waals surface area contributed by atoms with Gasteiger partial charge in [-0.05, 0) is 43.2 Å². The summed E-state index contributed by atoms with van der Waals surface area (Å²) in [6, 6.07) is 8.51. The number of nitrogens with zero attached hydrogens (tertiary/aromatic N) is 1. The number of phenolic OH excluding ortho intramolecular Hbond substituents is 1. The van der Waals surface area contributed by atoms with Crippen molar-refractivity contribution in [1.29, 1.82) is 0 Å². The maximum absolute atomic E-state index is 11.8. The first-order valence-corrected chi connectivity index (χ1v) is 7.83. The molecule has 2 aromatic rings. The van der Waals surface area contributed by atoms with E-state index in [4.69, 9.17) is 27.9 Å². The molecule has 0 spiro atoms. The van der Waals surface area contributed by atoms with Gasteiger partial charge in [0.05, 0.1) is 11.2 Å². The summed E-state index contributed by atoms with van der Waals surface area (Å²) in [5.74, 6) is 0.0545. The number of aromatic hydroxyl groups is 1. The molecule has 0 atom stereocenters. The number of amides is 1. The minimum atomic E-state index is -0.431. The Labute approximate surface area is 149 Å². The lowest BCUT2D eigenvalue weighted by molar-refractivity contribution is -0.123. The molecule has 0 aliphatic heterocycles. The number of hydrazone groups is 1. The van der Waals surface area contributed by atoms with Crippen LogP contribution in [0.25, 0.3) is 0 Å². The molecule has 7 heteroatoms. The van der Waals surface area contributed by atoms with Gasteiger partial charge in [0.1, 0.15) is 11.5 Å². The highest BCUT2D eigenvalue weighted by atomic mass is 35.5. The van der Waals surface area contributed by atoms with E-state index in [1.165, 1.54) is 18.3 Å². The van der Waals surface area contributed by atoms with E-state index in [9.17, 15) is 9.90 Å². The second kappa shape index (κ2) is 8.04. The van der Waals surface area contributed by atoms with Crippen molar-refractivity contribution in [2.24, 2.45) is 5.10 Å². The summed E-state index contributed by atoms with van der Waals surface area (Å²) in [4.78, 5) is 11.8. The first kappa shape index (κ1) is 18.1. The average Bonchev–Trinajstić information content (AvgIpc) is 2.53. The molecule has 2 aromatic carbocycles. The number of benzene rings is 2. The molecule has 0 radical (unpaired) electrons. The lowest BCUT2D eigenvalue weighted by Gasteiger charge is -2.09. The lowest BCUT2D eigenvalue weighted by Crippen LogP contribution is -2.24. The average molecular weight is 367 g/mol. The van der Waals surface area contributed by atoms with Gasteiger partial charge >= 0.3 is 0 Å². The number of ether oxygens (including phenoxy) is 1. The van der Waals surface area contributed by atoms with Crippen molar-refractivity contribution in [3.8, 4) is 11.5 Å². The maximum atomic E-state index is 11.8. The summed E-state index contributed by atoms with van der Waals surface area (Å²) in [5.41, 5.74) is 4.67. The molecule has 0 heterocycles. The quantitative estimate of drug-likeness (QED) is 0.623. The van der Waals surface area contributed by atoms with Crippen molar-refractivity contribution in [2.45, 2.75) is 13.8 Å². The Hall–Kier alpha value is -2.24. The Bertz CT molecular complexity index is 792. The van der Waals surface area contributed by atoms with Gasteiger partial charge in [-0.2, -0.15) is 5.10 Å². The molecule has 0 unspecified atom stereocenters. The molecule has 0 aromatic heterocycles. The van der Waals surface area contributed by atoms with Crippen molar-refractivity contribution < 1.29 is 14.6 Å². The molecule has 2 N–H and O–H groups in total. The van der Waals surface area contributed by atoms with Crippen LogP contribution in [-0.2, 0) is 4.79 Å². The Balaban J connectivity index is 1.93. The van der Waals surface area contributed by atoms with Gasteiger partial charge in [-0.1, -0.05) is 35.3 Å². The molecule has 0 bridgehead atoms. The maximum Gasteiger partial charge on any atom is 0.277 e. The van der Waals surface area contributed by atoms with Crippen molar-refractivity contribution in [3.63, 3.8) is 0 Å². The Morgan fingerprint density at radius 2 is 2.08 bits per heavy atom. The number of aryl methyl sites for hydroxylation is 1. The van der Waals surface area contributed by atoms with Crippen LogP contribution in [0.1, 0.15) is 16.7 Å². The molecule has 1 amide bonds. The molecule has 126 valence electrons. The minimum Gasteiger partial charge on any atom is -0.506 e. The Morgan fingerprint density at radius 1 is 1.33 bits per heavy atom. The van der Waals surface area contributed by atoms with Gasteiger partial charge in [0.15, 0.2) is 6.61 Å². The number of carbonyl (C=O) groups is 1. The van der Waals surface area contributed by atoms with E-state index in [2.05, 4.69) is 10.5 Å². The topological polar surface area (TPSA) is 70.9 Å². The normalized spacial score (nSPS) is 10.8. The van der Waals surface area contributed by atoms with Crippen LogP contribution in [0, 0.1) is 13.8 Å². The van der Waals surface area contributed by atoms with Crippen LogP contribution in [0.15, 0.2) is 35.4 Å². The summed E-state index contributed by atoms with van der Waals surface area (Å²) >= 11 is 11.6. The molecule has 5 nitrogen and oxygen atoms in total. The van der Waals surface area contributed by atoms with Gasteiger partial charge in [-0.25, -0.2) is 5.43 Å². The fourth-order valence-electron chi connectivity index (χ4n) is 1.91. The number of nitrogens with one attached hydrogen (secondary N) is 1. The molecular formula is C17H16Cl2N2O3. The third-order valence-corrected chi connectivity index (χ3v) is 3.87. The molecule has 0 aliphatic rings. The molecule has 0 aliphatic carbocycles. The third kappa shape index (κ3) is 4.63. The van der Waals surface area contributed by atoms with Crippen LogP contribution in [0.5, 0.6) is 11.5 Å². The van der Waals surface area contributed by atoms with E-state index in [0.717, 1.165) is 11.1 Å². The molecule has 2 rings (SSSR count). The van der Waals surface area contributed by atoms with Gasteiger partial charge in [-0.3, -0.25) is 4.79 Å². The first-order chi connectivity index (χ1) is 11.4. The zero-order chi connectivity index (χ0) is 17.7. The van der Waals surface area contributed by atoms with Crippen molar-refractivity contribution in [1.82, 2.24) is 5.43 Å². The van der Waals surface area contributed by atoms with E-state index >= 15 is 0 Å². The SMILES string of the molecule is Cc1cccc(OCC(=O)N/N=C/c2cc(Cl)cc(Cl)c2O)c1C. The zero-order valence-corrected chi connectivity index (χ0v) is 14.6. The number of rotatable bonds is 5. The second-order valence-electron chi connectivity index (χ2n) is 5.11. The summed E-state index contributed by atoms with van der Waals surface area (Å²) < 4.78 is 5.47. The molecule has 24 heavy (non-hydrogen) atoms. The highest BCUT2D eigenvalue weighted by Gasteiger charge is 2.07. The van der Waals surface area contributed by atoms with Crippen molar-refractivity contribution in [3.05, 3.63) is 57.1 Å². The van der Waals surface area contributed by atoms with E-state index in [-0.39, 0.29) is 17.4 Å². The highest BCUT2D eigenvalue weighted by Crippen LogP contribution is 2.29. The fourth-order valence-corrected chi connectivity index (χ4v) is 2.42. The fraction of sp³-hybridized carbons (Fsp3) is 0.176. The second-order valence-corrected chi connectivity index (χ2v) is 5.95. The van der Waals surface area contributed by atoms with Gasteiger partial charge in [0.2, 0.25) is 0 Å². The number of carbonyl (C=O) groups excluding carboxylic acids is 1. The smallest absolute Gasteiger partial charge is 0.277 e. The van der Waals surface area contributed by atoms with Gasteiger partial charge < -0.3 is 9.84 Å². The Morgan fingerprint density at radius 3 is 2.83 bits per heavy atom. The predicted molar refractivity (Wildman–Crippen MR) is 95.3 cm³/mol. The van der Waals surface area contributed by atoms with Crippen LogP contribution < -0.4 is 10.2 Å². The van der Waals surface area contributed by atoms with Crippen LogP contribution in [0.4, 0.5) is 0 Å². The molecule has 0 saturated heterocycles. The van der Waals surface area contributed by atoms with Gasteiger partial charge in [-0.15, -0.1) is 0 Å².